The van der Waals surface area contributed by atoms with Crippen LogP contribution in [0.2, 0.25) is 0 Å². The fourth-order valence-corrected chi connectivity index (χ4v) is 1.67. The summed E-state index contributed by atoms with van der Waals surface area (Å²) in [6.45, 7) is 3.23. The molecule has 4 nitrogen and oxygen atoms in total. The van der Waals surface area contributed by atoms with Crippen molar-refractivity contribution in [2.24, 2.45) is 10.2 Å². The van der Waals surface area contributed by atoms with E-state index in [1.54, 1.807) is 13.8 Å². The summed E-state index contributed by atoms with van der Waals surface area (Å²) in [5, 5.41) is 6.18. The molecule has 0 saturated carbocycles. The molecule has 1 aliphatic heterocycles. The van der Waals surface area contributed by atoms with Gasteiger partial charge in [0.2, 0.25) is 0 Å². The van der Waals surface area contributed by atoms with E-state index in [0.29, 0.717) is 0 Å². The summed E-state index contributed by atoms with van der Waals surface area (Å²) in [5.41, 5.74) is -3.08. The first-order valence-corrected chi connectivity index (χ1v) is 5.59. The lowest BCUT2D eigenvalue weighted by Crippen LogP contribution is -2.32. The Bertz CT molecular complexity index is 532. The number of ether oxygens (including phenoxy) is 1. The van der Waals surface area contributed by atoms with Gasteiger partial charge in [-0.15, -0.1) is 10.2 Å². The van der Waals surface area contributed by atoms with Crippen LogP contribution in [0.4, 0.5) is 13.2 Å². The number of carbonyl (C=O) groups excluding carboxylic acids is 1. The molecule has 0 aliphatic carbocycles. The minimum absolute atomic E-state index is 0.168. The molecule has 0 fully saturated rings. The number of benzene rings is 1. The van der Waals surface area contributed by atoms with Gasteiger partial charge in [-0.3, -0.25) is 0 Å². The van der Waals surface area contributed by atoms with Crippen molar-refractivity contribution in [2.45, 2.75) is 31.8 Å². The minimum atomic E-state index is -4.67. The maximum Gasteiger partial charge on any atom is 0.442 e. The number of halogens is 3. The molecule has 0 N–H and O–H groups in total. The number of hydrogen-bond donors (Lipinski definition) is 0. The van der Waals surface area contributed by atoms with Crippen molar-refractivity contribution in [2.75, 3.05) is 0 Å². The van der Waals surface area contributed by atoms with Crippen molar-refractivity contribution in [3.05, 3.63) is 35.4 Å². The van der Waals surface area contributed by atoms with E-state index in [1.807, 2.05) is 0 Å². The molecule has 0 bridgehead atoms. The predicted octanol–water partition coefficient (Wildman–Crippen LogP) is 3.43. The van der Waals surface area contributed by atoms with Crippen LogP contribution in [0.15, 0.2) is 34.5 Å². The van der Waals surface area contributed by atoms with E-state index in [1.165, 1.54) is 24.3 Å². The van der Waals surface area contributed by atoms with Gasteiger partial charge in [0.15, 0.2) is 0 Å². The minimum Gasteiger partial charge on any atom is -0.459 e. The fourth-order valence-electron chi connectivity index (χ4n) is 1.67. The summed E-state index contributed by atoms with van der Waals surface area (Å²) >= 11 is 0. The van der Waals surface area contributed by atoms with Crippen molar-refractivity contribution in [1.29, 1.82) is 0 Å². The van der Waals surface area contributed by atoms with Crippen LogP contribution in [0.3, 0.4) is 0 Å². The number of carbonyl (C=O) groups is 1. The zero-order chi connectivity index (χ0) is 14.3. The van der Waals surface area contributed by atoms with E-state index in [2.05, 4.69) is 10.2 Å². The maximum atomic E-state index is 12.9. The van der Waals surface area contributed by atoms with Gasteiger partial charge in [-0.25, -0.2) is 4.79 Å². The molecule has 1 aromatic rings. The van der Waals surface area contributed by atoms with E-state index in [-0.39, 0.29) is 11.1 Å². The molecular formula is C12H11F3N2O2. The molecule has 1 aromatic carbocycles. The van der Waals surface area contributed by atoms with Gasteiger partial charge >= 0.3 is 17.8 Å². The first kappa shape index (κ1) is 13.5. The Balaban J connectivity index is 2.41. The Kier molecular flexibility index (Phi) is 3.07. The van der Waals surface area contributed by atoms with E-state index >= 15 is 0 Å². The summed E-state index contributed by atoms with van der Waals surface area (Å²) in [6, 6.07) is 5.33. The van der Waals surface area contributed by atoms with Crippen LogP contribution in [0.5, 0.6) is 0 Å². The predicted molar refractivity (Wildman–Crippen MR) is 59.6 cm³/mol. The Morgan fingerprint density at radius 2 is 1.84 bits per heavy atom. The van der Waals surface area contributed by atoms with Gasteiger partial charge in [0, 0.05) is 5.56 Å². The molecule has 0 amide bonds. The first-order valence-electron chi connectivity index (χ1n) is 5.59. The van der Waals surface area contributed by atoms with Crippen LogP contribution >= 0.6 is 0 Å². The van der Waals surface area contributed by atoms with Gasteiger partial charge in [0.05, 0.1) is 11.7 Å². The molecule has 1 aliphatic rings. The average Bonchev–Trinajstić information content (AvgIpc) is 3.08. The normalized spacial score (nSPS) is 16.5. The second-order valence-corrected chi connectivity index (χ2v) is 4.37. The van der Waals surface area contributed by atoms with Gasteiger partial charge < -0.3 is 4.74 Å². The van der Waals surface area contributed by atoms with Crippen LogP contribution in [0, 0.1) is 0 Å². The zero-order valence-corrected chi connectivity index (χ0v) is 10.2. The first-order chi connectivity index (χ1) is 8.78. The lowest BCUT2D eigenvalue weighted by molar-refractivity contribution is -0.166. The van der Waals surface area contributed by atoms with Crippen molar-refractivity contribution in [1.82, 2.24) is 0 Å². The highest BCUT2D eigenvalue weighted by Crippen LogP contribution is 2.53. The molecule has 0 saturated heterocycles. The summed E-state index contributed by atoms with van der Waals surface area (Å²) in [6.07, 6.45) is -5.09. The summed E-state index contributed by atoms with van der Waals surface area (Å²) in [7, 11) is 0. The third-order valence-electron chi connectivity index (χ3n) is 2.56. The smallest absolute Gasteiger partial charge is 0.442 e. The van der Waals surface area contributed by atoms with Crippen LogP contribution in [-0.4, -0.2) is 18.2 Å². The van der Waals surface area contributed by atoms with Gasteiger partial charge in [-0.2, -0.15) is 13.2 Å². The highest BCUT2D eigenvalue weighted by atomic mass is 19.4. The van der Waals surface area contributed by atoms with Crippen molar-refractivity contribution in [3.8, 4) is 0 Å². The molecule has 2 rings (SSSR count). The molecule has 19 heavy (non-hydrogen) atoms. The highest BCUT2D eigenvalue weighted by molar-refractivity contribution is 5.91. The Labute approximate surface area is 107 Å². The second-order valence-electron chi connectivity index (χ2n) is 4.37. The Morgan fingerprint density at radius 3 is 2.32 bits per heavy atom. The summed E-state index contributed by atoms with van der Waals surface area (Å²) in [4.78, 5) is 11.8. The molecule has 7 heteroatoms. The molecular weight excluding hydrogens is 261 g/mol. The van der Waals surface area contributed by atoms with Gasteiger partial charge in [0.1, 0.15) is 0 Å². The monoisotopic (exact) mass is 272 g/mol. The Morgan fingerprint density at radius 1 is 1.26 bits per heavy atom. The molecule has 0 atom stereocenters. The SMILES string of the molecule is CC(C)OC(=O)c1ccccc1C1(C(F)(F)F)N=N1. The van der Waals surface area contributed by atoms with Crippen LogP contribution in [0.25, 0.3) is 0 Å². The fraction of sp³-hybridized carbons (Fsp3) is 0.417. The molecule has 0 unspecified atom stereocenters. The van der Waals surface area contributed by atoms with Crippen LogP contribution in [-0.2, 0) is 10.4 Å². The molecule has 0 spiro atoms. The van der Waals surface area contributed by atoms with Gasteiger partial charge in [-0.05, 0) is 19.9 Å². The topological polar surface area (TPSA) is 51.0 Å². The standard InChI is InChI=1S/C12H11F3N2O2/c1-7(2)19-10(18)8-5-3-4-6-9(8)11(16-17-11)12(13,14)15/h3-7H,1-2H3. The number of alkyl halides is 3. The van der Waals surface area contributed by atoms with Crippen molar-refractivity contribution < 1.29 is 22.7 Å². The number of hydrogen-bond acceptors (Lipinski definition) is 4. The van der Waals surface area contributed by atoms with E-state index in [9.17, 15) is 18.0 Å². The lowest BCUT2D eigenvalue weighted by atomic mass is 9.97. The van der Waals surface area contributed by atoms with E-state index in [4.69, 9.17) is 4.74 Å². The van der Waals surface area contributed by atoms with Crippen LogP contribution < -0.4 is 0 Å². The second kappa shape index (κ2) is 4.32. The van der Waals surface area contributed by atoms with E-state index < -0.39 is 23.9 Å². The van der Waals surface area contributed by atoms with Crippen molar-refractivity contribution >= 4 is 5.97 Å². The third kappa shape index (κ3) is 2.32. The zero-order valence-electron chi connectivity index (χ0n) is 10.2. The van der Waals surface area contributed by atoms with Gasteiger partial charge in [0.25, 0.3) is 0 Å². The molecule has 1 heterocycles. The largest absolute Gasteiger partial charge is 0.459 e. The van der Waals surface area contributed by atoms with Crippen LogP contribution in [0.1, 0.15) is 29.8 Å². The third-order valence-corrected chi connectivity index (χ3v) is 2.56. The molecule has 0 radical (unpaired) electrons. The average molecular weight is 272 g/mol. The maximum absolute atomic E-state index is 12.9. The summed E-state index contributed by atoms with van der Waals surface area (Å²) in [5.74, 6) is -0.813. The van der Waals surface area contributed by atoms with Crippen molar-refractivity contribution in [3.63, 3.8) is 0 Å². The quantitative estimate of drug-likeness (QED) is 0.791. The summed E-state index contributed by atoms with van der Waals surface area (Å²) < 4.78 is 43.8. The molecule has 102 valence electrons. The highest BCUT2D eigenvalue weighted by Gasteiger charge is 2.66. The van der Waals surface area contributed by atoms with Gasteiger partial charge in [-0.1, -0.05) is 18.2 Å². The number of rotatable bonds is 3. The van der Waals surface area contributed by atoms with E-state index in [0.717, 1.165) is 0 Å². The number of esters is 1. The molecule has 0 aromatic heterocycles. The lowest BCUT2D eigenvalue weighted by Gasteiger charge is -2.18. The Hall–Kier alpha value is -1.92. The number of nitrogens with zero attached hydrogens (tertiary/aromatic N) is 2.